The van der Waals surface area contributed by atoms with Gasteiger partial charge < -0.3 is 20.3 Å². The van der Waals surface area contributed by atoms with Crippen LogP contribution >= 0.6 is 11.3 Å². The molecule has 0 fully saturated rings. The quantitative estimate of drug-likeness (QED) is 0.775. The third-order valence-electron chi connectivity index (χ3n) is 3.76. The molecule has 0 radical (unpaired) electrons. The molecule has 134 valence electrons. The summed E-state index contributed by atoms with van der Waals surface area (Å²) in [6.45, 7) is 2.25. The molecule has 2 aromatic rings. The Hall–Kier alpha value is -2.38. The van der Waals surface area contributed by atoms with Crippen LogP contribution in [0.15, 0.2) is 35.7 Å². The van der Waals surface area contributed by atoms with Gasteiger partial charge in [0.15, 0.2) is 0 Å². The van der Waals surface area contributed by atoms with E-state index in [4.69, 9.17) is 4.74 Å². The minimum absolute atomic E-state index is 0.0188. The second-order valence-corrected chi connectivity index (χ2v) is 6.84. The highest BCUT2D eigenvalue weighted by molar-refractivity contribution is 7.10. The maximum absolute atomic E-state index is 12.2. The molecule has 2 rings (SSSR count). The van der Waals surface area contributed by atoms with Crippen LogP contribution < -0.4 is 15.4 Å². The molecule has 6 nitrogen and oxygen atoms in total. The van der Waals surface area contributed by atoms with Gasteiger partial charge in [-0.15, -0.1) is 11.3 Å². The van der Waals surface area contributed by atoms with E-state index in [1.807, 2.05) is 49.5 Å². The van der Waals surface area contributed by atoms with Crippen molar-refractivity contribution in [3.05, 3.63) is 46.2 Å². The van der Waals surface area contributed by atoms with Gasteiger partial charge in [-0.05, 0) is 50.2 Å². The van der Waals surface area contributed by atoms with Gasteiger partial charge in [0.2, 0.25) is 0 Å². The fourth-order valence-electron chi connectivity index (χ4n) is 2.39. The molecular formula is C18H23N3O3S. The summed E-state index contributed by atoms with van der Waals surface area (Å²) in [5, 5.41) is 7.29. The SMILES string of the molecule is COc1ccc(C)cc1NC(=O)C(=O)NC[C@@H](c1cccs1)N(C)C. The molecule has 25 heavy (non-hydrogen) atoms. The smallest absolute Gasteiger partial charge is 0.313 e. The molecule has 0 bridgehead atoms. The first-order valence-corrected chi connectivity index (χ1v) is 8.74. The van der Waals surface area contributed by atoms with Crippen molar-refractivity contribution in [1.82, 2.24) is 10.2 Å². The summed E-state index contributed by atoms with van der Waals surface area (Å²) in [5.41, 5.74) is 1.44. The molecule has 1 aromatic carbocycles. The third-order valence-corrected chi connectivity index (χ3v) is 4.73. The highest BCUT2D eigenvalue weighted by Crippen LogP contribution is 2.25. The van der Waals surface area contributed by atoms with Crippen LogP contribution in [0.3, 0.4) is 0 Å². The van der Waals surface area contributed by atoms with E-state index in [-0.39, 0.29) is 6.04 Å². The average molecular weight is 361 g/mol. The molecule has 0 unspecified atom stereocenters. The van der Waals surface area contributed by atoms with Crippen molar-refractivity contribution < 1.29 is 14.3 Å². The number of hydrogen-bond donors (Lipinski definition) is 2. The lowest BCUT2D eigenvalue weighted by Gasteiger charge is -2.23. The fourth-order valence-corrected chi connectivity index (χ4v) is 3.31. The van der Waals surface area contributed by atoms with Crippen LogP contribution in [-0.2, 0) is 9.59 Å². The minimum Gasteiger partial charge on any atom is -0.495 e. The Kier molecular flexibility index (Phi) is 6.55. The molecule has 0 aliphatic rings. The predicted molar refractivity (Wildman–Crippen MR) is 100 cm³/mol. The maximum Gasteiger partial charge on any atom is 0.313 e. The number of hydrogen-bond acceptors (Lipinski definition) is 5. The summed E-state index contributed by atoms with van der Waals surface area (Å²) >= 11 is 1.62. The largest absolute Gasteiger partial charge is 0.495 e. The average Bonchev–Trinajstić information content (AvgIpc) is 3.09. The van der Waals surface area contributed by atoms with E-state index in [1.165, 1.54) is 7.11 Å². The van der Waals surface area contributed by atoms with Crippen molar-refractivity contribution >= 4 is 28.8 Å². The maximum atomic E-state index is 12.2. The Bertz CT molecular complexity index is 729. The van der Waals surface area contributed by atoms with Crippen molar-refractivity contribution in [2.24, 2.45) is 0 Å². The molecule has 1 heterocycles. The lowest BCUT2D eigenvalue weighted by atomic mass is 10.2. The highest BCUT2D eigenvalue weighted by atomic mass is 32.1. The monoisotopic (exact) mass is 361 g/mol. The topological polar surface area (TPSA) is 70.7 Å². The van der Waals surface area contributed by atoms with E-state index >= 15 is 0 Å². The van der Waals surface area contributed by atoms with E-state index in [0.29, 0.717) is 18.0 Å². The summed E-state index contributed by atoms with van der Waals surface area (Å²) in [5.74, 6) is -0.879. The summed E-state index contributed by atoms with van der Waals surface area (Å²) in [6.07, 6.45) is 0. The van der Waals surface area contributed by atoms with Gasteiger partial charge in [-0.1, -0.05) is 12.1 Å². The van der Waals surface area contributed by atoms with Gasteiger partial charge in [-0.3, -0.25) is 9.59 Å². The van der Waals surface area contributed by atoms with E-state index in [1.54, 1.807) is 23.5 Å². The fraction of sp³-hybridized carbons (Fsp3) is 0.333. The minimum atomic E-state index is -0.715. The number of rotatable bonds is 6. The van der Waals surface area contributed by atoms with Gasteiger partial charge in [0.05, 0.1) is 18.8 Å². The van der Waals surface area contributed by atoms with Crippen LogP contribution in [-0.4, -0.2) is 44.5 Å². The summed E-state index contributed by atoms with van der Waals surface area (Å²) in [6, 6.07) is 9.39. The standard InChI is InChI=1S/C18H23N3O3S/c1-12-7-8-15(24-4)13(10-12)20-18(23)17(22)19-11-14(21(2)3)16-6-5-9-25-16/h5-10,14H,11H2,1-4H3,(H,19,22)(H,20,23)/t14-/m0/s1. The number of carbonyl (C=O) groups excluding carboxylic acids is 2. The number of methoxy groups -OCH3 is 1. The van der Waals surface area contributed by atoms with Gasteiger partial charge in [0.25, 0.3) is 0 Å². The second-order valence-electron chi connectivity index (χ2n) is 5.86. The van der Waals surface area contributed by atoms with Crippen LogP contribution in [0.25, 0.3) is 0 Å². The molecule has 0 saturated heterocycles. The van der Waals surface area contributed by atoms with Gasteiger partial charge >= 0.3 is 11.8 Å². The van der Waals surface area contributed by atoms with Gasteiger partial charge in [-0.25, -0.2) is 0 Å². The zero-order chi connectivity index (χ0) is 18.4. The van der Waals surface area contributed by atoms with E-state index in [0.717, 1.165) is 10.4 Å². The first-order valence-electron chi connectivity index (χ1n) is 7.86. The molecule has 1 atom stereocenters. The zero-order valence-electron chi connectivity index (χ0n) is 14.8. The number of amides is 2. The molecule has 0 spiro atoms. The Morgan fingerprint density at radius 2 is 2.00 bits per heavy atom. The van der Waals surface area contributed by atoms with E-state index < -0.39 is 11.8 Å². The van der Waals surface area contributed by atoms with Crippen molar-refractivity contribution in [2.75, 3.05) is 33.1 Å². The molecule has 0 aliphatic carbocycles. The van der Waals surface area contributed by atoms with Crippen LogP contribution in [0.4, 0.5) is 5.69 Å². The van der Waals surface area contributed by atoms with Crippen LogP contribution in [0.1, 0.15) is 16.5 Å². The third kappa shape index (κ3) is 5.04. The number of likely N-dealkylation sites (N-methyl/N-ethyl adjacent to an activating group) is 1. The van der Waals surface area contributed by atoms with E-state index in [9.17, 15) is 9.59 Å². The van der Waals surface area contributed by atoms with Crippen molar-refractivity contribution in [3.8, 4) is 5.75 Å². The van der Waals surface area contributed by atoms with Crippen LogP contribution in [0.5, 0.6) is 5.75 Å². The number of nitrogens with zero attached hydrogens (tertiary/aromatic N) is 1. The lowest BCUT2D eigenvalue weighted by molar-refractivity contribution is -0.136. The van der Waals surface area contributed by atoms with Crippen molar-refractivity contribution in [2.45, 2.75) is 13.0 Å². The van der Waals surface area contributed by atoms with Crippen molar-refractivity contribution in [3.63, 3.8) is 0 Å². The molecular weight excluding hydrogens is 338 g/mol. The zero-order valence-corrected chi connectivity index (χ0v) is 15.6. The summed E-state index contributed by atoms with van der Waals surface area (Å²) in [4.78, 5) is 27.5. The number of aryl methyl sites for hydroxylation is 1. The highest BCUT2D eigenvalue weighted by Gasteiger charge is 2.20. The van der Waals surface area contributed by atoms with Gasteiger partial charge in [0.1, 0.15) is 5.75 Å². The molecule has 0 aliphatic heterocycles. The number of benzene rings is 1. The Balaban J connectivity index is 1.98. The Morgan fingerprint density at radius 1 is 1.24 bits per heavy atom. The number of carbonyl (C=O) groups is 2. The first kappa shape index (κ1) is 19.0. The second kappa shape index (κ2) is 8.64. The Labute approximate surface area is 151 Å². The summed E-state index contributed by atoms with van der Waals surface area (Å²) in [7, 11) is 5.39. The lowest BCUT2D eigenvalue weighted by Crippen LogP contribution is -2.40. The molecule has 7 heteroatoms. The number of thiophene rings is 1. The number of ether oxygens (including phenoxy) is 1. The summed E-state index contributed by atoms with van der Waals surface area (Å²) < 4.78 is 5.21. The van der Waals surface area contributed by atoms with Crippen LogP contribution in [0.2, 0.25) is 0 Å². The number of nitrogens with one attached hydrogen (secondary N) is 2. The molecule has 0 saturated carbocycles. The molecule has 2 N–H and O–H groups in total. The number of anilines is 1. The van der Waals surface area contributed by atoms with Gasteiger partial charge in [-0.2, -0.15) is 0 Å². The first-order chi connectivity index (χ1) is 11.9. The molecule has 2 amide bonds. The Morgan fingerprint density at radius 3 is 2.60 bits per heavy atom. The van der Waals surface area contributed by atoms with E-state index in [2.05, 4.69) is 10.6 Å². The normalized spacial score (nSPS) is 11.9. The molecule has 1 aromatic heterocycles. The van der Waals surface area contributed by atoms with Crippen LogP contribution in [0, 0.1) is 6.92 Å². The predicted octanol–water partition coefficient (Wildman–Crippen LogP) is 2.42. The van der Waals surface area contributed by atoms with Crippen molar-refractivity contribution in [1.29, 1.82) is 0 Å². The van der Waals surface area contributed by atoms with Gasteiger partial charge in [0, 0.05) is 11.4 Å².